The highest BCUT2D eigenvalue weighted by Crippen LogP contribution is 2.51. The maximum atomic E-state index is 11.9. The molecule has 13 heteroatoms. The van der Waals surface area contributed by atoms with Gasteiger partial charge in [0.2, 0.25) is 11.8 Å². The summed E-state index contributed by atoms with van der Waals surface area (Å²) in [6, 6.07) is 1.70. The highest BCUT2D eigenvalue weighted by molar-refractivity contribution is 5.86. The van der Waals surface area contributed by atoms with Crippen molar-refractivity contribution in [1.29, 1.82) is 0 Å². The van der Waals surface area contributed by atoms with E-state index < -0.39 is 0 Å². The van der Waals surface area contributed by atoms with Crippen molar-refractivity contribution < 1.29 is 33.4 Å². The van der Waals surface area contributed by atoms with Gasteiger partial charge in [0, 0.05) is 102 Å². The maximum absolute atomic E-state index is 11.9. The zero-order valence-electron chi connectivity index (χ0n) is 31.2. The largest absolute Gasteiger partial charge is 0.450 e. The summed E-state index contributed by atoms with van der Waals surface area (Å²) in [6.45, 7) is 14.1. The summed E-state index contributed by atoms with van der Waals surface area (Å²) in [4.78, 5) is 68.0. The summed E-state index contributed by atoms with van der Waals surface area (Å²) >= 11 is 0. The first-order chi connectivity index (χ1) is 24.6. The monoisotopic (exact) mass is 714 g/mol. The molecule has 2 saturated carbocycles. The number of ether oxygens (including phenoxy) is 2. The molecule has 51 heavy (non-hydrogen) atoms. The van der Waals surface area contributed by atoms with E-state index in [1.807, 2.05) is 11.8 Å². The highest BCUT2D eigenvalue weighted by atomic mass is 16.6. The van der Waals surface area contributed by atoms with Crippen LogP contribution in [0.25, 0.3) is 0 Å². The van der Waals surface area contributed by atoms with Crippen molar-refractivity contribution in [3.8, 4) is 0 Å². The number of likely N-dealkylation sites (tertiary alicyclic amines) is 5. The number of hydrogen-bond donors (Lipinski definition) is 1. The predicted molar refractivity (Wildman–Crippen MR) is 191 cm³/mol. The number of carbonyl (C=O) groups excluding carboxylic acids is 5. The number of rotatable bonds is 5. The lowest BCUT2D eigenvalue weighted by atomic mass is 9.64. The van der Waals surface area contributed by atoms with Crippen LogP contribution in [0.1, 0.15) is 104 Å². The standard InChI is InChI=1S/C19H31N3O3.C10H15NO3.C9H16N2O/c1-2-25-18(24)21-11-7-19(14-21)12-16(13-19)20-9-5-15(6-10-20)22-8-3-4-17(22)23;1-2-14-9(13)11-4-3-10(7-11)5-8(12)6-10;12-9-2-1-7-11(9)8-3-5-10-6-4-8/h15-16H,2-14H2,1H3;2-7H2,1H3;8,10H,1-7H2. The fourth-order valence-corrected chi connectivity index (χ4v) is 10.0. The summed E-state index contributed by atoms with van der Waals surface area (Å²) < 4.78 is 10.1. The summed E-state index contributed by atoms with van der Waals surface area (Å²) in [7, 11) is 0. The van der Waals surface area contributed by atoms with Crippen molar-refractivity contribution in [2.24, 2.45) is 10.8 Å². The molecule has 0 aromatic heterocycles. The number of Topliss-reactive ketones (excluding diaryl/α,β-unsaturated/α-hetero) is 1. The number of carbonyl (C=O) groups is 5. The topological polar surface area (TPSA) is 132 Å². The molecule has 8 aliphatic rings. The van der Waals surface area contributed by atoms with Crippen molar-refractivity contribution in [3.05, 3.63) is 0 Å². The van der Waals surface area contributed by atoms with E-state index in [1.54, 1.807) is 11.8 Å². The zero-order chi connectivity index (χ0) is 36.0. The predicted octanol–water partition coefficient (Wildman–Crippen LogP) is 3.64. The Hall–Kier alpha value is -2.93. The van der Waals surface area contributed by atoms with Gasteiger partial charge in [-0.15, -0.1) is 0 Å². The molecule has 0 unspecified atom stereocenters. The average Bonchev–Trinajstić information content (AvgIpc) is 3.92. The Morgan fingerprint density at radius 2 is 1.16 bits per heavy atom. The van der Waals surface area contributed by atoms with Gasteiger partial charge in [-0.25, -0.2) is 9.59 Å². The van der Waals surface area contributed by atoms with Gasteiger partial charge in [0.15, 0.2) is 0 Å². The number of hydrogen-bond acceptors (Lipinski definition) is 9. The van der Waals surface area contributed by atoms with Crippen LogP contribution in [0.15, 0.2) is 0 Å². The third kappa shape index (κ3) is 9.00. The molecule has 0 aromatic carbocycles. The normalized spacial score (nSPS) is 29.5. The van der Waals surface area contributed by atoms with E-state index in [1.165, 1.54) is 12.8 Å². The quantitative estimate of drug-likeness (QED) is 0.454. The molecule has 1 N–H and O–H groups in total. The van der Waals surface area contributed by atoms with Gasteiger partial charge in [0.05, 0.1) is 13.2 Å². The average molecular weight is 715 g/mol. The van der Waals surface area contributed by atoms with Crippen LogP contribution in [-0.4, -0.2) is 151 Å². The fraction of sp³-hybridized carbons (Fsp3) is 0.868. The smallest absolute Gasteiger partial charge is 0.409 e. The van der Waals surface area contributed by atoms with Crippen molar-refractivity contribution in [3.63, 3.8) is 0 Å². The lowest BCUT2D eigenvalue weighted by molar-refractivity contribution is -0.132. The number of ketones is 1. The van der Waals surface area contributed by atoms with E-state index in [0.717, 1.165) is 123 Å². The summed E-state index contributed by atoms with van der Waals surface area (Å²) in [5.74, 6) is 1.07. The number of amides is 4. The van der Waals surface area contributed by atoms with Gasteiger partial charge in [-0.3, -0.25) is 14.4 Å². The minimum absolute atomic E-state index is 0.115. The van der Waals surface area contributed by atoms with Crippen molar-refractivity contribution in [2.75, 3.05) is 78.7 Å². The summed E-state index contributed by atoms with van der Waals surface area (Å²) in [5.41, 5.74) is 0.461. The van der Waals surface area contributed by atoms with Gasteiger partial charge >= 0.3 is 12.2 Å². The van der Waals surface area contributed by atoms with E-state index >= 15 is 0 Å². The minimum atomic E-state index is -0.233. The Labute approximate surface area is 304 Å². The molecule has 6 aliphatic heterocycles. The number of nitrogens with one attached hydrogen (secondary N) is 1. The first kappa shape index (κ1) is 37.8. The summed E-state index contributed by atoms with van der Waals surface area (Å²) in [5, 5.41) is 3.32. The molecule has 0 atom stereocenters. The third-order valence-electron chi connectivity index (χ3n) is 12.8. The van der Waals surface area contributed by atoms with Crippen LogP contribution in [0.3, 0.4) is 0 Å². The van der Waals surface area contributed by atoms with E-state index in [-0.39, 0.29) is 17.6 Å². The molecular formula is C38H62N6O7. The van der Waals surface area contributed by atoms with E-state index in [4.69, 9.17) is 9.47 Å². The second kappa shape index (κ2) is 16.8. The van der Waals surface area contributed by atoms with Gasteiger partial charge in [0.1, 0.15) is 5.78 Å². The molecule has 2 aliphatic carbocycles. The van der Waals surface area contributed by atoms with E-state index in [9.17, 15) is 24.0 Å². The Kier molecular flexibility index (Phi) is 12.5. The van der Waals surface area contributed by atoms with Crippen LogP contribution in [0.5, 0.6) is 0 Å². The van der Waals surface area contributed by atoms with E-state index in [2.05, 4.69) is 20.0 Å². The number of piperidine rings is 2. The van der Waals surface area contributed by atoms with Crippen LogP contribution in [0.4, 0.5) is 9.59 Å². The molecule has 0 aromatic rings. The molecule has 2 spiro atoms. The second-order valence-electron chi connectivity index (χ2n) is 16.3. The molecule has 6 saturated heterocycles. The molecule has 0 bridgehead atoms. The van der Waals surface area contributed by atoms with Crippen LogP contribution in [0, 0.1) is 10.8 Å². The molecule has 8 fully saturated rings. The Morgan fingerprint density at radius 1 is 0.667 bits per heavy atom. The first-order valence-electron chi connectivity index (χ1n) is 20.0. The maximum Gasteiger partial charge on any atom is 0.409 e. The van der Waals surface area contributed by atoms with Crippen molar-refractivity contribution >= 4 is 29.8 Å². The Bertz CT molecular complexity index is 1250. The van der Waals surface area contributed by atoms with Crippen LogP contribution < -0.4 is 5.32 Å². The van der Waals surface area contributed by atoms with Gasteiger partial charge in [-0.1, -0.05) is 0 Å². The minimum Gasteiger partial charge on any atom is -0.450 e. The number of nitrogens with zero attached hydrogens (tertiary/aromatic N) is 5. The van der Waals surface area contributed by atoms with Gasteiger partial charge in [-0.2, -0.15) is 0 Å². The van der Waals surface area contributed by atoms with Gasteiger partial charge in [0.25, 0.3) is 0 Å². The molecule has 6 heterocycles. The summed E-state index contributed by atoms with van der Waals surface area (Å²) in [6.07, 6.45) is 13.7. The van der Waals surface area contributed by atoms with Crippen LogP contribution in [-0.2, 0) is 23.9 Å². The van der Waals surface area contributed by atoms with Crippen LogP contribution >= 0.6 is 0 Å². The zero-order valence-corrected chi connectivity index (χ0v) is 31.2. The van der Waals surface area contributed by atoms with Gasteiger partial charge in [-0.05, 0) is 96.6 Å². The molecule has 8 rings (SSSR count). The lowest BCUT2D eigenvalue weighted by Gasteiger charge is -2.52. The molecular weight excluding hydrogens is 652 g/mol. The molecule has 4 amide bonds. The molecule has 0 radical (unpaired) electrons. The Morgan fingerprint density at radius 3 is 1.63 bits per heavy atom. The van der Waals surface area contributed by atoms with Crippen molar-refractivity contribution in [2.45, 2.75) is 122 Å². The van der Waals surface area contributed by atoms with Crippen molar-refractivity contribution in [1.82, 2.24) is 29.8 Å². The SMILES string of the molecule is CCOC(=O)N1CCC2(CC(=O)C2)C1.CCOC(=O)N1CCC2(CC(N3CCC(N4CCCC4=O)CC3)C2)C1.O=C1CCCN1C1CCNCC1. The van der Waals surface area contributed by atoms with Crippen LogP contribution in [0.2, 0.25) is 0 Å². The molecule has 286 valence electrons. The van der Waals surface area contributed by atoms with Gasteiger partial charge < -0.3 is 39.3 Å². The second-order valence-corrected chi connectivity index (χ2v) is 16.3. The third-order valence-corrected chi connectivity index (χ3v) is 12.8. The Balaban J connectivity index is 0.000000145. The van der Waals surface area contributed by atoms with E-state index in [0.29, 0.717) is 73.7 Å². The lowest BCUT2D eigenvalue weighted by Crippen LogP contribution is -2.56. The highest BCUT2D eigenvalue weighted by Gasteiger charge is 2.52. The first-order valence-corrected chi connectivity index (χ1v) is 20.0. The fourth-order valence-electron chi connectivity index (χ4n) is 10.0. The molecule has 13 nitrogen and oxygen atoms in total.